The lowest BCUT2D eigenvalue weighted by molar-refractivity contribution is 0.307. The minimum absolute atomic E-state index is 0.133. The minimum atomic E-state index is -0.133. The summed E-state index contributed by atoms with van der Waals surface area (Å²) in [5, 5.41) is 9.90. The molecule has 1 heterocycles. The fourth-order valence-corrected chi connectivity index (χ4v) is 6.10. The van der Waals surface area contributed by atoms with Gasteiger partial charge in [0.05, 0.1) is 17.1 Å². The molecule has 1 aliphatic carbocycles. The highest BCUT2D eigenvalue weighted by atomic mass is 16.5. The summed E-state index contributed by atoms with van der Waals surface area (Å²) in [5.74, 6) is 1.69. The molecule has 5 nitrogen and oxygen atoms in total. The molecule has 0 unspecified atom stereocenters. The van der Waals surface area contributed by atoms with Gasteiger partial charge in [0.1, 0.15) is 18.2 Å². The van der Waals surface area contributed by atoms with E-state index >= 15 is 0 Å². The van der Waals surface area contributed by atoms with Crippen molar-refractivity contribution in [2.75, 3.05) is 0 Å². The van der Waals surface area contributed by atoms with Gasteiger partial charge in [-0.05, 0) is 58.1 Å². The molecule has 0 radical (unpaired) electrons. The van der Waals surface area contributed by atoms with Crippen LogP contribution in [-0.2, 0) is 6.61 Å². The van der Waals surface area contributed by atoms with Crippen LogP contribution in [-0.4, -0.2) is 15.9 Å². The second-order valence-electron chi connectivity index (χ2n) is 10.8. The summed E-state index contributed by atoms with van der Waals surface area (Å²) in [7, 11) is 0. The Morgan fingerprint density at radius 1 is 0.756 bits per heavy atom. The molecule has 5 heteroatoms. The molecular weight excluding hydrogens is 506 g/mol. The number of rotatable bonds is 6. The summed E-state index contributed by atoms with van der Waals surface area (Å²) in [6.45, 7) is 0.422. The van der Waals surface area contributed by atoms with Crippen LogP contribution in [0.25, 0.3) is 32.4 Å². The second kappa shape index (κ2) is 11.0. The molecule has 1 saturated carbocycles. The van der Waals surface area contributed by atoms with Crippen molar-refractivity contribution in [3.05, 3.63) is 130 Å². The average molecular weight is 538 g/mol. The van der Waals surface area contributed by atoms with Crippen LogP contribution in [0.5, 0.6) is 5.75 Å². The van der Waals surface area contributed by atoms with E-state index in [-0.39, 0.29) is 11.5 Å². The van der Waals surface area contributed by atoms with Crippen molar-refractivity contribution in [3.63, 3.8) is 0 Å². The normalized spacial score (nSPS) is 14.3. The van der Waals surface area contributed by atoms with E-state index in [1.807, 2.05) is 42.5 Å². The van der Waals surface area contributed by atoms with Gasteiger partial charge >= 0.3 is 0 Å². The van der Waals surface area contributed by atoms with E-state index < -0.39 is 0 Å². The topological polar surface area (TPSA) is 56.5 Å². The number of para-hydroxylation sites is 1. The van der Waals surface area contributed by atoms with Crippen molar-refractivity contribution in [2.24, 2.45) is 5.10 Å². The van der Waals surface area contributed by atoms with Crippen molar-refractivity contribution in [3.8, 4) is 5.75 Å². The zero-order valence-corrected chi connectivity index (χ0v) is 22.9. The third kappa shape index (κ3) is 4.89. The van der Waals surface area contributed by atoms with Crippen molar-refractivity contribution < 1.29 is 4.74 Å². The van der Waals surface area contributed by atoms with Crippen molar-refractivity contribution in [1.82, 2.24) is 9.66 Å². The van der Waals surface area contributed by atoms with Crippen LogP contribution in [0.4, 0.5) is 0 Å². The van der Waals surface area contributed by atoms with Crippen LogP contribution in [0.15, 0.2) is 113 Å². The summed E-state index contributed by atoms with van der Waals surface area (Å²) >= 11 is 0. The zero-order chi connectivity index (χ0) is 27.6. The molecule has 41 heavy (non-hydrogen) atoms. The Balaban J connectivity index is 1.33. The molecule has 1 aromatic heterocycles. The molecule has 7 rings (SSSR count). The van der Waals surface area contributed by atoms with Gasteiger partial charge in [0, 0.05) is 11.5 Å². The van der Waals surface area contributed by atoms with E-state index in [9.17, 15) is 4.79 Å². The summed E-state index contributed by atoms with van der Waals surface area (Å²) < 4.78 is 8.02. The minimum Gasteiger partial charge on any atom is -0.488 e. The van der Waals surface area contributed by atoms with E-state index in [0.717, 1.165) is 64.7 Å². The quantitative estimate of drug-likeness (QED) is 0.201. The van der Waals surface area contributed by atoms with Crippen LogP contribution in [0.3, 0.4) is 0 Å². The molecule has 1 fully saturated rings. The maximum Gasteiger partial charge on any atom is 0.282 e. The highest BCUT2D eigenvalue weighted by Gasteiger charge is 2.22. The van der Waals surface area contributed by atoms with Gasteiger partial charge in [0.15, 0.2) is 0 Å². The van der Waals surface area contributed by atoms with Crippen LogP contribution in [0.2, 0.25) is 0 Å². The molecule has 0 N–H and O–H groups in total. The Morgan fingerprint density at radius 2 is 1.44 bits per heavy atom. The molecule has 6 aromatic rings. The van der Waals surface area contributed by atoms with Gasteiger partial charge in [-0.2, -0.15) is 9.78 Å². The molecule has 0 bridgehead atoms. The summed E-state index contributed by atoms with van der Waals surface area (Å²) in [6.07, 6.45) is 7.34. The Kier molecular flexibility index (Phi) is 6.77. The SMILES string of the molecule is O=c1c2ccccc2nc(C2CCCCC2)n1N=Cc1c(OCc2cccc3ccccc23)ccc2ccccc12. The van der Waals surface area contributed by atoms with E-state index in [1.54, 1.807) is 6.21 Å². The molecule has 202 valence electrons. The lowest BCUT2D eigenvalue weighted by atomic mass is 9.88. The molecule has 0 aliphatic heterocycles. The second-order valence-corrected chi connectivity index (χ2v) is 10.8. The molecule has 0 saturated heterocycles. The van der Waals surface area contributed by atoms with E-state index in [4.69, 9.17) is 14.8 Å². The molecule has 0 spiro atoms. The van der Waals surface area contributed by atoms with E-state index in [1.165, 1.54) is 21.9 Å². The van der Waals surface area contributed by atoms with Crippen molar-refractivity contribution in [1.29, 1.82) is 0 Å². The Bertz CT molecular complexity index is 1960. The van der Waals surface area contributed by atoms with Gasteiger partial charge in [0.25, 0.3) is 5.56 Å². The molecule has 0 amide bonds. The lowest BCUT2D eigenvalue weighted by Crippen LogP contribution is -2.25. The first kappa shape index (κ1) is 25.2. The van der Waals surface area contributed by atoms with Gasteiger partial charge in [-0.15, -0.1) is 0 Å². The molecular formula is C36H31N3O2. The molecule has 0 atom stereocenters. The first-order chi connectivity index (χ1) is 20.3. The number of aromatic nitrogens is 2. The number of ether oxygens (including phenoxy) is 1. The maximum atomic E-state index is 13.8. The van der Waals surface area contributed by atoms with Crippen molar-refractivity contribution >= 4 is 38.7 Å². The van der Waals surface area contributed by atoms with Gasteiger partial charge in [0.2, 0.25) is 0 Å². The maximum absolute atomic E-state index is 13.8. The number of hydrogen-bond acceptors (Lipinski definition) is 4. The Labute approximate surface area is 238 Å². The summed E-state index contributed by atoms with van der Waals surface area (Å²) in [6, 6.07) is 34.5. The third-order valence-corrected chi connectivity index (χ3v) is 8.25. The van der Waals surface area contributed by atoms with Crippen LogP contribution in [0.1, 0.15) is 55.0 Å². The number of benzene rings is 5. The summed E-state index contributed by atoms with van der Waals surface area (Å²) in [4.78, 5) is 18.8. The average Bonchev–Trinajstić information content (AvgIpc) is 3.04. The fraction of sp³-hybridized carbons (Fsp3) is 0.194. The van der Waals surface area contributed by atoms with E-state index in [2.05, 4.69) is 60.7 Å². The smallest absolute Gasteiger partial charge is 0.282 e. The monoisotopic (exact) mass is 537 g/mol. The number of nitrogens with zero attached hydrogens (tertiary/aromatic N) is 3. The largest absolute Gasteiger partial charge is 0.488 e. The zero-order valence-electron chi connectivity index (χ0n) is 22.9. The van der Waals surface area contributed by atoms with Gasteiger partial charge in [-0.1, -0.05) is 104 Å². The molecule has 1 aliphatic rings. The van der Waals surface area contributed by atoms with Crippen LogP contribution >= 0.6 is 0 Å². The highest BCUT2D eigenvalue weighted by Crippen LogP contribution is 2.32. The van der Waals surface area contributed by atoms with Gasteiger partial charge < -0.3 is 4.74 Å². The predicted molar refractivity (Wildman–Crippen MR) is 167 cm³/mol. The number of hydrogen-bond donors (Lipinski definition) is 0. The summed E-state index contributed by atoms with van der Waals surface area (Å²) in [5.41, 5.74) is 2.56. The Hall–Kier alpha value is -4.77. The first-order valence-electron chi connectivity index (χ1n) is 14.4. The van der Waals surface area contributed by atoms with Gasteiger partial charge in [-0.25, -0.2) is 4.98 Å². The number of fused-ring (bicyclic) bond motifs is 3. The predicted octanol–water partition coefficient (Wildman–Crippen LogP) is 8.21. The lowest BCUT2D eigenvalue weighted by Gasteiger charge is -2.22. The molecule has 5 aromatic carbocycles. The third-order valence-electron chi connectivity index (χ3n) is 8.25. The van der Waals surface area contributed by atoms with Crippen molar-refractivity contribution in [2.45, 2.75) is 44.6 Å². The highest BCUT2D eigenvalue weighted by molar-refractivity contribution is 6.02. The van der Waals surface area contributed by atoms with Crippen LogP contribution < -0.4 is 10.3 Å². The standard InChI is InChI=1S/C36H31N3O2/c40-36-31-19-8-9-20-33(31)38-35(27-13-2-1-3-14-27)39(36)37-23-32-30-18-7-5-12-26(30)21-22-34(32)41-24-28-16-10-15-25-11-4-6-17-29(25)28/h4-12,15-23,27H,1-3,13-14,24H2. The first-order valence-corrected chi connectivity index (χ1v) is 14.4. The van der Waals surface area contributed by atoms with Crippen LogP contribution in [0, 0.1) is 0 Å². The fourth-order valence-electron chi connectivity index (χ4n) is 6.10. The van der Waals surface area contributed by atoms with E-state index in [0.29, 0.717) is 12.0 Å². The van der Waals surface area contributed by atoms with Gasteiger partial charge in [-0.3, -0.25) is 4.79 Å². The Morgan fingerprint density at radius 3 is 2.27 bits per heavy atom.